The van der Waals surface area contributed by atoms with Crippen molar-refractivity contribution in [2.75, 3.05) is 10.6 Å². The smallest absolute Gasteiger partial charge is 0.228 e. The largest absolute Gasteiger partial charge is 0.354 e. The van der Waals surface area contributed by atoms with Crippen molar-refractivity contribution in [3.63, 3.8) is 0 Å². The predicted octanol–water partition coefficient (Wildman–Crippen LogP) is 6.06. The molecule has 2 aliphatic heterocycles. The third-order valence-electron chi connectivity index (χ3n) is 12.6. The lowest BCUT2D eigenvalue weighted by atomic mass is 9.85. The Balaban J connectivity index is 0.899. The molecule has 4 N–H and O–H groups in total. The van der Waals surface area contributed by atoms with E-state index in [1.165, 1.54) is 12.6 Å². The Kier molecular flexibility index (Phi) is 12.0. The number of fused-ring (bicyclic) bond motifs is 2. The summed E-state index contributed by atoms with van der Waals surface area (Å²) in [6.07, 6.45) is 20.6. The quantitative estimate of drug-likeness (QED) is 0.142. The third kappa shape index (κ3) is 9.00. The van der Waals surface area contributed by atoms with E-state index in [9.17, 15) is 19.2 Å². The van der Waals surface area contributed by atoms with Gasteiger partial charge < -0.3 is 21.3 Å². The number of carbonyl (C=O) groups excluding carboxylic acids is 4. The second-order valence-corrected chi connectivity index (χ2v) is 16.8. The zero-order valence-corrected chi connectivity index (χ0v) is 33.8. The lowest BCUT2D eigenvalue weighted by Crippen LogP contribution is -2.41. The number of aromatic nitrogens is 6. The summed E-state index contributed by atoms with van der Waals surface area (Å²) in [4.78, 5) is 61.4. The molecule has 0 unspecified atom stereocenters. The number of nitrogens with zero attached hydrogens (tertiary/aromatic N) is 6. The Morgan fingerprint density at radius 3 is 1.81 bits per heavy atom. The van der Waals surface area contributed by atoms with E-state index >= 15 is 0 Å². The van der Waals surface area contributed by atoms with Gasteiger partial charge in [0, 0.05) is 85.3 Å². The fourth-order valence-electron chi connectivity index (χ4n) is 9.59. The molecule has 6 heterocycles. The monoisotopic (exact) mass is 788 g/mol. The van der Waals surface area contributed by atoms with Crippen LogP contribution < -0.4 is 21.3 Å². The van der Waals surface area contributed by atoms with Gasteiger partial charge in [0.25, 0.3) is 0 Å². The van der Waals surface area contributed by atoms with Crippen LogP contribution in [0.5, 0.6) is 0 Å². The number of hydrogen-bond acceptors (Lipinski definition) is 8. The van der Waals surface area contributed by atoms with E-state index in [1.54, 1.807) is 6.20 Å². The van der Waals surface area contributed by atoms with Crippen molar-refractivity contribution in [2.45, 2.75) is 142 Å². The summed E-state index contributed by atoms with van der Waals surface area (Å²) < 4.78 is 4.16. The van der Waals surface area contributed by atoms with Gasteiger partial charge in [0.2, 0.25) is 23.6 Å². The molecule has 0 bridgehead atoms. The maximum Gasteiger partial charge on any atom is 0.228 e. The molecule has 4 aromatic heterocycles. The van der Waals surface area contributed by atoms with Gasteiger partial charge in [-0.15, -0.1) is 0 Å². The summed E-state index contributed by atoms with van der Waals surface area (Å²) in [5.74, 6) is 0.261. The Labute approximate surface area is 339 Å². The standard InChI is InChI=1S/C44H56N10O4/c1-27-23-45-40(21-34(27)36-25-47-53-17-5-3-13-38(36)53)51-44(58)30-10-8-12-33(20-30)50-42(56)16-15-31-24-46-41(22-35(31)37-26-48-54-18-6-4-14-39(37)54)52-43(57)29-9-7-11-32(19-29)49-28(2)55/h21-26,29-30,32-33H,3-20H2,1-2H3,(H,49,55)(H,50,56)(H,45,51,58)(H,46,52,57)/t29-,30-,32-,33-/m0/s1. The molecule has 306 valence electrons. The van der Waals surface area contributed by atoms with Crippen LogP contribution in [0, 0.1) is 18.8 Å². The van der Waals surface area contributed by atoms with Gasteiger partial charge in [-0.1, -0.05) is 12.8 Å². The lowest BCUT2D eigenvalue weighted by molar-refractivity contribution is -0.124. The summed E-state index contributed by atoms with van der Waals surface area (Å²) in [6.45, 7) is 5.36. The molecule has 0 spiro atoms. The van der Waals surface area contributed by atoms with Gasteiger partial charge in [0.15, 0.2) is 0 Å². The normalized spacial score (nSPS) is 21.6. The number of hydrogen-bond donors (Lipinski definition) is 4. The minimum atomic E-state index is -0.230. The van der Waals surface area contributed by atoms with Crippen LogP contribution in [-0.2, 0) is 51.5 Å². The Morgan fingerprint density at radius 1 is 0.655 bits per heavy atom. The number of carbonyl (C=O) groups is 4. The second kappa shape index (κ2) is 17.6. The highest BCUT2D eigenvalue weighted by Gasteiger charge is 2.30. The Morgan fingerprint density at radius 2 is 1.21 bits per heavy atom. The zero-order chi connectivity index (χ0) is 40.2. The molecule has 14 nitrogen and oxygen atoms in total. The van der Waals surface area contributed by atoms with Crippen molar-refractivity contribution in [3.8, 4) is 22.3 Å². The van der Waals surface area contributed by atoms with Gasteiger partial charge in [-0.25, -0.2) is 9.97 Å². The molecule has 2 saturated carbocycles. The maximum absolute atomic E-state index is 13.6. The van der Waals surface area contributed by atoms with Crippen LogP contribution in [0.1, 0.15) is 113 Å². The van der Waals surface area contributed by atoms with E-state index < -0.39 is 0 Å². The van der Waals surface area contributed by atoms with E-state index in [1.807, 2.05) is 37.6 Å². The average Bonchev–Trinajstić information content (AvgIpc) is 3.86. The molecule has 8 rings (SSSR count). The molecule has 4 aromatic rings. The van der Waals surface area contributed by atoms with Crippen LogP contribution in [0.15, 0.2) is 36.9 Å². The molecule has 4 atom stereocenters. The van der Waals surface area contributed by atoms with Crippen molar-refractivity contribution >= 4 is 35.3 Å². The van der Waals surface area contributed by atoms with Gasteiger partial charge >= 0.3 is 0 Å². The zero-order valence-electron chi connectivity index (χ0n) is 33.8. The van der Waals surface area contributed by atoms with Gasteiger partial charge in [-0.05, 0) is 125 Å². The molecule has 2 fully saturated rings. The molecule has 58 heavy (non-hydrogen) atoms. The maximum atomic E-state index is 13.6. The molecule has 4 aliphatic rings. The lowest BCUT2D eigenvalue weighted by Gasteiger charge is -2.29. The third-order valence-corrected chi connectivity index (χ3v) is 12.6. The van der Waals surface area contributed by atoms with E-state index in [4.69, 9.17) is 0 Å². The topological polar surface area (TPSA) is 178 Å². The summed E-state index contributed by atoms with van der Waals surface area (Å²) >= 11 is 0. The Hall–Kier alpha value is -5.40. The minimum Gasteiger partial charge on any atom is -0.354 e. The summed E-state index contributed by atoms with van der Waals surface area (Å²) in [7, 11) is 0. The van der Waals surface area contributed by atoms with Crippen molar-refractivity contribution < 1.29 is 19.2 Å². The molecule has 0 radical (unpaired) electrons. The van der Waals surface area contributed by atoms with Crippen molar-refractivity contribution in [2.24, 2.45) is 11.8 Å². The number of pyridine rings is 2. The average molecular weight is 789 g/mol. The van der Waals surface area contributed by atoms with Crippen LogP contribution >= 0.6 is 0 Å². The number of rotatable bonds is 11. The minimum absolute atomic E-state index is 0.00175. The van der Waals surface area contributed by atoms with Crippen LogP contribution in [0.25, 0.3) is 22.3 Å². The summed E-state index contributed by atoms with van der Waals surface area (Å²) in [5.41, 5.74) is 8.46. The highest BCUT2D eigenvalue weighted by molar-refractivity contribution is 5.93. The first-order valence-corrected chi connectivity index (χ1v) is 21.4. The fraction of sp³-hybridized carbons (Fsp3) is 0.545. The van der Waals surface area contributed by atoms with Gasteiger partial charge in [-0.2, -0.15) is 10.2 Å². The van der Waals surface area contributed by atoms with Gasteiger partial charge in [-0.3, -0.25) is 28.5 Å². The summed E-state index contributed by atoms with van der Waals surface area (Å²) in [5, 5.41) is 21.6. The molecule has 4 amide bonds. The Bertz CT molecular complexity index is 2170. The van der Waals surface area contributed by atoms with Crippen molar-refractivity contribution in [1.82, 2.24) is 40.2 Å². The highest BCUT2D eigenvalue weighted by Crippen LogP contribution is 2.35. The van der Waals surface area contributed by atoms with E-state index in [0.717, 1.165) is 129 Å². The van der Waals surface area contributed by atoms with Crippen LogP contribution in [0.2, 0.25) is 0 Å². The van der Waals surface area contributed by atoms with Crippen LogP contribution in [0.3, 0.4) is 0 Å². The number of amides is 4. The SMILES string of the molecule is CC(=O)N[C@H]1CCC[C@H](C(=O)Nc2cc(-c3cnn4c3CCCC4)c(CCC(=O)N[C@H]3CCC[C@H](C(=O)Nc4cc(-c5cnn6c5CCCC6)c(C)cn4)C3)cn2)C1. The first-order valence-electron chi connectivity index (χ1n) is 21.4. The van der Waals surface area contributed by atoms with Crippen molar-refractivity contribution in [3.05, 3.63) is 59.4 Å². The van der Waals surface area contributed by atoms with E-state index in [-0.39, 0.29) is 54.0 Å². The first-order chi connectivity index (χ1) is 28.2. The predicted molar refractivity (Wildman–Crippen MR) is 221 cm³/mol. The summed E-state index contributed by atoms with van der Waals surface area (Å²) in [6, 6.07) is 3.79. The highest BCUT2D eigenvalue weighted by atomic mass is 16.2. The van der Waals surface area contributed by atoms with Gasteiger partial charge in [0.05, 0.1) is 12.4 Å². The second-order valence-electron chi connectivity index (χ2n) is 16.8. The van der Waals surface area contributed by atoms with E-state index in [0.29, 0.717) is 30.9 Å². The number of aryl methyl sites for hydroxylation is 4. The molecule has 2 aliphatic carbocycles. The van der Waals surface area contributed by atoms with Gasteiger partial charge in [0.1, 0.15) is 11.6 Å². The van der Waals surface area contributed by atoms with Crippen molar-refractivity contribution in [1.29, 1.82) is 0 Å². The van der Waals surface area contributed by atoms with Crippen LogP contribution in [0.4, 0.5) is 11.6 Å². The number of nitrogens with one attached hydrogen (secondary N) is 4. The first kappa shape index (κ1) is 39.4. The van der Waals surface area contributed by atoms with E-state index in [2.05, 4.69) is 50.8 Å². The molecule has 0 saturated heterocycles. The molecule has 0 aromatic carbocycles. The fourth-order valence-corrected chi connectivity index (χ4v) is 9.59. The molecular formula is C44H56N10O4. The molecular weight excluding hydrogens is 733 g/mol. The van der Waals surface area contributed by atoms with Crippen LogP contribution in [-0.4, -0.2) is 65.2 Å². The molecule has 14 heteroatoms. The number of anilines is 2.